The third-order valence-electron chi connectivity index (χ3n) is 2.79. The molecule has 0 unspecified atom stereocenters. The van der Waals surface area contributed by atoms with E-state index in [9.17, 15) is 24.9 Å². The zero-order valence-electron chi connectivity index (χ0n) is 12.9. The second-order valence-electron chi connectivity index (χ2n) is 4.23. The third-order valence-corrected chi connectivity index (χ3v) is 2.79. The van der Waals surface area contributed by atoms with E-state index < -0.39 is 29.0 Å². The quantitative estimate of drug-likeness (QED) is 0.399. The minimum atomic E-state index is -1.43. The molecule has 108 valence electrons. The molecule has 0 aromatic heterocycles. The maximum Gasteiger partial charge on any atom is 1.00 e. The minimum Gasteiger partial charge on any atom is -0.873 e. The molecule has 1 rings (SSSR count). The fraction of sp³-hybridized carbons (Fsp3) is 0.286. The molecular formula is C14H14Na2O6. The molecule has 1 aromatic carbocycles. The maximum atomic E-state index is 11.3. The third kappa shape index (κ3) is 6.32. The van der Waals surface area contributed by atoms with Crippen molar-refractivity contribution in [3.05, 3.63) is 29.3 Å². The van der Waals surface area contributed by atoms with Crippen LogP contribution in [-0.4, -0.2) is 22.2 Å². The van der Waals surface area contributed by atoms with Crippen LogP contribution in [0.3, 0.4) is 0 Å². The van der Waals surface area contributed by atoms with Crippen LogP contribution >= 0.6 is 0 Å². The van der Waals surface area contributed by atoms with E-state index in [0.717, 1.165) is 18.2 Å². The summed E-state index contributed by atoms with van der Waals surface area (Å²) in [6.45, 7) is 1.85. The summed E-state index contributed by atoms with van der Waals surface area (Å²) in [6.07, 6.45) is 1.30. The first-order valence-corrected chi connectivity index (χ1v) is 6.06. The van der Waals surface area contributed by atoms with Gasteiger partial charge in [-0.3, -0.25) is 0 Å². The molecule has 0 heterocycles. The first kappa shape index (κ1) is 23.8. The van der Waals surface area contributed by atoms with Crippen molar-refractivity contribution in [1.29, 1.82) is 0 Å². The van der Waals surface area contributed by atoms with E-state index in [1.165, 1.54) is 0 Å². The minimum absolute atomic E-state index is 0. The summed E-state index contributed by atoms with van der Waals surface area (Å²) in [5.41, 5.74) is -0.768. The number of hydrogen-bond acceptors (Lipinski definition) is 4. The molecule has 0 aliphatic heterocycles. The van der Waals surface area contributed by atoms with Crippen molar-refractivity contribution >= 4 is 17.5 Å². The van der Waals surface area contributed by atoms with Crippen molar-refractivity contribution in [1.82, 2.24) is 0 Å². The van der Waals surface area contributed by atoms with E-state index in [2.05, 4.69) is 0 Å². The van der Waals surface area contributed by atoms with Gasteiger partial charge in [0.1, 0.15) is 0 Å². The molecule has 0 aliphatic carbocycles. The fourth-order valence-electron chi connectivity index (χ4n) is 1.78. The first-order valence-electron chi connectivity index (χ1n) is 6.06. The number of aliphatic carboxylic acids is 2. The summed E-state index contributed by atoms with van der Waals surface area (Å²) in [7, 11) is 0. The van der Waals surface area contributed by atoms with Crippen LogP contribution in [0, 0.1) is 0 Å². The molecule has 22 heavy (non-hydrogen) atoms. The fourth-order valence-corrected chi connectivity index (χ4v) is 1.78. The molecule has 0 saturated heterocycles. The zero-order valence-corrected chi connectivity index (χ0v) is 16.9. The van der Waals surface area contributed by atoms with Gasteiger partial charge in [0, 0.05) is 0 Å². The van der Waals surface area contributed by atoms with Gasteiger partial charge < -0.3 is 20.4 Å². The van der Waals surface area contributed by atoms with Crippen molar-refractivity contribution in [3.8, 4) is 11.5 Å². The molecule has 2 N–H and O–H groups in total. The first-order chi connectivity index (χ1) is 9.38. The van der Waals surface area contributed by atoms with Gasteiger partial charge in [0.15, 0.2) is 0 Å². The van der Waals surface area contributed by atoms with E-state index in [4.69, 9.17) is 5.11 Å². The van der Waals surface area contributed by atoms with Crippen LogP contribution in [0.4, 0.5) is 0 Å². The molecule has 0 amide bonds. The number of carboxylic acid groups (broad SMARTS) is 2. The Bertz CT molecular complexity index is 568. The summed E-state index contributed by atoms with van der Waals surface area (Å²) in [5.74, 6) is -4.39. The summed E-state index contributed by atoms with van der Waals surface area (Å²) >= 11 is 0. The van der Waals surface area contributed by atoms with Crippen LogP contribution in [0.1, 0.15) is 31.7 Å². The summed E-state index contributed by atoms with van der Waals surface area (Å²) in [6, 6.07) is 2.96. The predicted octanol–water partition coefficient (Wildman–Crippen LogP) is -5.05. The van der Waals surface area contributed by atoms with Gasteiger partial charge in [-0.1, -0.05) is 31.5 Å². The monoisotopic (exact) mass is 324 g/mol. The molecule has 0 spiro atoms. The molecule has 8 heteroatoms. The van der Waals surface area contributed by atoms with E-state index in [1.807, 2.05) is 6.92 Å². The molecule has 0 aliphatic rings. The topological polar surface area (TPSA) is 121 Å². The van der Waals surface area contributed by atoms with Crippen LogP contribution in [0.5, 0.6) is 11.5 Å². The van der Waals surface area contributed by atoms with Crippen LogP contribution < -0.4 is 69.3 Å². The van der Waals surface area contributed by atoms with Crippen molar-refractivity contribution in [2.24, 2.45) is 0 Å². The number of rotatable bonds is 6. The Kier molecular flexibility index (Phi) is 12.0. The van der Waals surface area contributed by atoms with Gasteiger partial charge in [-0.2, -0.15) is 0 Å². The normalized spacial score (nSPS) is 10.8. The van der Waals surface area contributed by atoms with E-state index >= 15 is 0 Å². The summed E-state index contributed by atoms with van der Waals surface area (Å²) < 4.78 is 0. The number of unbranched alkanes of at least 4 members (excludes halogenated alkanes) is 1. The summed E-state index contributed by atoms with van der Waals surface area (Å²) in [5, 5.41) is 40.7. The Morgan fingerprint density at radius 2 is 1.64 bits per heavy atom. The second-order valence-corrected chi connectivity index (χ2v) is 4.23. The molecule has 0 bridgehead atoms. The Labute approximate surface area is 172 Å². The van der Waals surface area contributed by atoms with Crippen molar-refractivity contribution < 1.29 is 89.1 Å². The standard InChI is InChI=1S/C14H16O6.2Na/c1-2-3-4-9(13(17)18)12(14(19)20)8-5-6-10(15)11(16)7-8;;/h5-7,15-16H,2-4H2,1H3,(H,17,18)(H,19,20);;/q;2*+1/p-2/b12-9-;;. The zero-order chi connectivity index (χ0) is 15.3. The average Bonchev–Trinajstić information content (AvgIpc) is 2.37. The Morgan fingerprint density at radius 3 is 2.05 bits per heavy atom. The molecule has 0 fully saturated rings. The molecule has 0 atom stereocenters. The number of hydrogen-bond donors (Lipinski definition) is 2. The molecule has 6 nitrogen and oxygen atoms in total. The molecule has 0 saturated carbocycles. The van der Waals surface area contributed by atoms with Gasteiger partial charge >= 0.3 is 71.1 Å². The Hall–Kier alpha value is -0.500. The van der Waals surface area contributed by atoms with Gasteiger partial charge in [0.05, 0.1) is 11.1 Å². The van der Waals surface area contributed by atoms with Gasteiger partial charge in [-0.25, -0.2) is 9.59 Å². The number of benzene rings is 1. The number of carbonyl (C=O) groups is 2. The SMILES string of the molecule is CCCC/C(C(=O)O)=C(/C(=O)O)c1ccc([O-])c([O-])c1.[Na+].[Na+]. The van der Waals surface area contributed by atoms with Crippen LogP contribution in [-0.2, 0) is 9.59 Å². The smallest absolute Gasteiger partial charge is 0.873 e. The van der Waals surface area contributed by atoms with Crippen LogP contribution in [0.15, 0.2) is 23.8 Å². The maximum absolute atomic E-state index is 11.3. The van der Waals surface area contributed by atoms with Crippen molar-refractivity contribution in [3.63, 3.8) is 0 Å². The van der Waals surface area contributed by atoms with Crippen molar-refractivity contribution in [2.75, 3.05) is 0 Å². The number of carboxylic acids is 2. The predicted molar refractivity (Wildman–Crippen MR) is 67.1 cm³/mol. The van der Waals surface area contributed by atoms with Gasteiger partial charge in [0.25, 0.3) is 0 Å². The second kappa shape index (κ2) is 11.1. The van der Waals surface area contributed by atoms with E-state index in [1.54, 1.807) is 0 Å². The molecule has 0 radical (unpaired) electrons. The molecular weight excluding hydrogens is 310 g/mol. The average molecular weight is 324 g/mol. The van der Waals surface area contributed by atoms with E-state index in [-0.39, 0.29) is 76.7 Å². The Balaban J connectivity index is 0. The van der Waals surface area contributed by atoms with Gasteiger partial charge in [-0.05, 0) is 18.4 Å². The van der Waals surface area contributed by atoms with Crippen LogP contribution in [0.25, 0.3) is 5.57 Å². The largest absolute Gasteiger partial charge is 1.00 e. The van der Waals surface area contributed by atoms with Gasteiger partial charge in [-0.15, -0.1) is 11.5 Å². The summed E-state index contributed by atoms with van der Waals surface area (Å²) in [4.78, 5) is 22.5. The Morgan fingerprint density at radius 1 is 1.05 bits per heavy atom. The van der Waals surface area contributed by atoms with Crippen LogP contribution in [0.2, 0.25) is 0 Å². The van der Waals surface area contributed by atoms with E-state index in [0.29, 0.717) is 12.8 Å². The molecule has 1 aromatic rings. The van der Waals surface area contributed by atoms with Crippen molar-refractivity contribution in [2.45, 2.75) is 26.2 Å². The van der Waals surface area contributed by atoms with Gasteiger partial charge in [0.2, 0.25) is 0 Å².